The first-order valence-corrected chi connectivity index (χ1v) is 7.18. The molecular weight excluding hydrogens is 222 g/mol. The van der Waals surface area contributed by atoms with Crippen molar-refractivity contribution < 1.29 is 0 Å². The third kappa shape index (κ3) is 4.13. The van der Waals surface area contributed by atoms with Crippen molar-refractivity contribution in [2.45, 2.75) is 47.6 Å². The minimum atomic E-state index is 0.732. The second-order valence-electron chi connectivity index (χ2n) is 5.89. The van der Waals surface area contributed by atoms with E-state index in [2.05, 4.69) is 51.1 Å². The van der Waals surface area contributed by atoms with E-state index in [4.69, 9.17) is 0 Å². The quantitative estimate of drug-likeness (QED) is 0.807. The predicted molar refractivity (Wildman–Crippen MR) is 77.5 cm³/mol. The molecule has 1 rings (SSSR count). The van der Waals surface area contributed by atoms with Crippen LogP contribution in [0.15, 0.2) is 6.07 Å². The molecule has 0 saturated heterocycles. The molecule has 0 amide bonds. The van der Waals surface area contributed by atoms with Gasteiger partial charge in [0.2, 0.25) is 0 Å². The fourth-order valence-electron chi connectivity index (χ4n) is 2.52. The first-order chi connectivity index (χ1) is 8.45. The van der Waals surface area contributed by atoms with Crippen molar-refractivity contribution in [3.8, 4) is 0 Å². The highest BCUT2D eigenvalue weighted by Gasteiger charge is 2.16. The number of nitrogens with zero attached hydrogens (tertiary/aromatic N) is 2. The molecule has 1 aromatic rings. The van der Waals surface area contributed by atoms with Gasteiger partial charge in [0.15, 0.2) is 0 Å². The molecule has 18 heavy (non-hydrogen) atoms. The van der Waals surface area contributed by atoms with Gasteiger partial charge in [0, 0.05) is 13.6 Å². The molecule has 0 atom stereocenters. The molecule has 0 aliphatic rings. The SMILES string of the molecule is CCc1cc(CNCC(C(C)C)C(C)C)n(C)n1. The lowest BCUT2D eigenvalue weighted by Gasteiger charge is -2.25. The van der Waals surface area contributed by atoms with Gasteiger partial charge in [-0.25, -0.2) is 0 Å². The summed E-state index contributed by atoms with van der Waals surface area (Å²) < 4.78 is 1.99. The lowest BCUT2D eigenvalue weighted by Crippen LogP contribution is -2.30. The summed E-state index contributed by atoms with van der Waals surface area (Å²) in [6.07, 6.45) is 1.01. The molecule has 0 aliphatic carbocycles. The maximum absolute atomic E-state index is 4.47. The van der Waals surface area contributed by atoms with E-state index in [0.29, 0.717) is 0 Å². The van der Waals surface area contributed by atoms with Crippen LogP contribution in [0.4, 0.5) is 0 Å². The molecule has 0 aromatic carbocycles. The third-order valence-electron chi connectivity index (χ3n) is 3.79. The number of hydrogen-bond donors (Lipinski definition) is 1. The molecule has 0 spiro atoms. The van der Waals surface area contributed by atoms with Gasteiger partial charge in [0.1, 0.15) is 0 Å². The Balaban J connectivity index is 2.47. The number of aryl methyl sites for hydroxylation is 2. The highest BCUT2D eigenvalue weighted by atomic mass is 15.3. The van der Waals surface area contributed by atoms with Crippen LogP contribution < -0.4 is 5.32 Å². The summed E-state index contributed by atoms with van der Waals surface area (Å²) in [7, 11) is 2.03. The summed E-state index contributed by atoms with van der Waals surface area (Å²) in [5.41, 5.74) is 2.46. The van der Waals surface area contributed by atoms with Crippen LogP contribution in [-0.4, -0.2) is 16.3 Å². The minimum Gasteiger partial charge on any atom is -0.311 e. The average molecular weight is 251 g/mol. The normalized spacial score (nSPS) is 12.1. The summed E-state index contributed by atoms with van der Waals surface area (Å²) in [5.74, 6) is 2.20. The Morgan fingerprint density at radius 1 is 1.22 bits per heavy atom. The average Bonchev–Trinajstić information content (AvgIpc) is 2.64. The van der Waals surface area contributed by atoms with E-state index in [1.165, 1.54) is 11.4 Å². The van der Waals surface area contributed by atoms with Crippen LogP contribution in [0.25, 0.3) is 0 Å². The van der Waals surface area contributed by atoms with E-state index >= 15 is 0 Å². The van der Waals surface area contributed by atoms with Crippen LogP contribution in [-0.2, 0) is 20.0 Å². The van der Waals surface area contributed by atoms with E-state index in [1.807, 2.05) is 11.7 Å². The number of nitrogens with one attached hydrogen (secondary N) is 1. The molecule has 0 fully saturated rings. The van der Waals surface area contributed by atoms with E-state index < -0.39 is 0 Å². The second kappa shape index (κ2) is 6.93. The summed E-state index contributed by atoms with van der Waals surface area (Å²) in [6, 6.07) is 2.20. The highest BCUT2D eigenvalue weighted by Crippen LogP contribution is 2.19. The topological polar surface area (TPSA) is 29.9 Å². The second-order valence-corrected chi connectivity index (χ2v) is 5.89. The molecule has 0 saturated carbocycles. The molecule has 104 valence electrons. The number of aromatic nitrogens is 2. The third-order valence-corrected chi connectivity index (χ3v) is 3.79. The van der Waals surface area contributed by atoms with E-state index in [0.717, 1.165) is 37.3 Å². The molecule has 0 radical (unpaired) electrons. The van der Waals surface area contributed by atoms with Gasteiger partial charge in [0.05, 0.1) is 11.4 Å². The molecule has 0 aliphatic heterocycles. The smallest absolute Gasteiger partial charge is 0.0625 e. The van der Waals surface area contributed by atoms with Crippen molar-refractivity contribution in [3.63, 3.8) is 0 Å². The largest absolute Gasteiger partial charge is 0.311 e. The molecule has 3 nitrogen and oxygen atoms in total. The maximum Gasteiger partial charge on any atom is 0.0625 e. The van der Waals surface area contributed by atoms with Crippen molar-refractivity contribution in [3.05, 3.63) is 17.5 Å². The van der Waals surface area contributed by atoms with Crippen LogP contribution in [0.1, 0.15) is 46.0 Å². The summed E-state index contributed by atoms with van der Waals surface area (Å²) in [4.78, 5) is 0. The zero-order valence-corrected chi connectivity index (χ0v) is 12.8. The summed E-state index contributed by atoms with van der Waals surface area (Å²) >= 11 is 0. The Hall–Kier alpha value is -0.830. The summed E-state index contributed by atoms with van der Waals surface area (Å²) in [5, 5.41) is 8.06. The van der Waals surface area contributed by atoms with Crippen molar-refractivity contribution >= 4 is 0 Å². The van der Waals surface area contributed by atoms with Gasteiger partial charge in [-0.05, 0) is 36.8 Å². The van der Waals surface area contributed by atoms with E-state index in [9.17, 15) is 0 Å². The monoisotopic (exact) mass is 251 g/mol. The standard InChI is InChI=1S/C15H29N3/c1-7-13-8-14(18(6)17-13)9-16-10-15(11(2)3)12(4)5/h8,11-12,15-16H,7,9-10H2,1-6H3. The fourth-order valence-corrected chi connectivity index (χ4v) is 2.52. The van der Waals surface area contributed by atoms with Crippen molar-refractivity contribution in [1.29, 1.82) is 0 Å². The van der Waals surface area contributed by atoms with Gasteiger partial charge in [0.25, 0.3) is 0 Å². The lowest BCUT2D eigenvalue weighted by atomic mass is 9.85. The minimum absolute atomic E-state index is 0.732. The van der Waals surface area contributed by atoms with Crippen molar-refractivity contribution in [2.24, 2.45) is 24.8 Å². The van der Waals surface area contributed by atoms with Gasteiger partial charge in [-0.15, -0.1) is 0 Å². The van der Waals surface area contributed by atoms with E-state index in [1.54, 1.807) is 0 Å². The molecule has 3 heteroatoms. The Kier molecular flexibility index (Phi) is 5.86. The highest BCUT2D eigenvalue weighted by molar-refractivity contribution is 5.09. The molecule has 0 unspecified atom stereocenters. The van der Waals surface area contributed by atoms with Crippen LogP contribution in [0, 0.1) is 17.8 Å². The predicted octanol–water partition coefficient (Wildman–Crippen LogP) is 3.00. The van der Waals surface area contributed by atoms with Gasteiger partial charge in [-0.3, -0.25) is 4.68 Å². The Morgan fingerprint density at radius 3 is 2.28 bits per heavy atom. The zero-order chi connectivity index (χ0) is 13.7. The molecule has 0 bridgehead atoms. The molecule has 1 aromatic heterocycles. The molecule has 1 heterocycles. The van der Waals surface area contributed by atoms with Crippen LogP contribution in [0.5, 0.6) is 0 Å². The Morgan fingerprint density at radius 2 is 1.83 bits per heavy atom. The van der Waals surface area contributed by atoms with Crippen LogP contribution in [0.2, 0.25) is 0 Å². The van der Waals surface area contributed by atoms with Crippen LogP contribution in [0.3, 0.4) is 0 Å². The number of hydrogen-bond acceptors (Lipinski definition) is 2. The first kappa shape index (κ1) is 15.2. The molecular formula is C15H29N3. The van der Waals surface area contributed by atoms with Crippen molar-refractivity contribution in [2.75, 3.05) is 6.54 Å². The van der Waals surface area contributed by atoms with E-state index in [-0.39, 0.29) is 0 Å². The fraction of sp³-hybridized carbons (Fsp3) is 0.800. The van der Waals surface area contributed by atoms with Gasteiger partial charge in [-0.1, -0.05) is 34.6 Å². The van der Waals surface area contributed by atoms with Gasteiger partial charge in [-0.2, -0.15) is 5.10 Å². The van der Waals surface area contributed by atoms with Crippen molar-refractivity contribution in [1.82, 2.24) is 15.1 Å². The first-order valence-electron chi connectivity index (χ1n) is 7.18. The van der Waals surface area contributed by atoms with Gasteiger partial charge >= 0.3 is 0 Å². The Bertz CT molecular complexity index is 345. The maximum atomic E-state index is 4.47. The van der Waals surface area contributed by atoms with Crippen LogP contribution >= 0.6 is 0 Å². The lowest BCUT2D eigenvalue weighted by molar-refractivity contribution is 0.275. The molecule has 1 N–H and O–H groups in total. The Labute approximate surface area is 112 Å². The summed E-state index contributed by atoms with van der Waals surface area (Å²) in [6.45, 7) is 13.4. The zero-order valence-electron chi connectivity index (χ0n) is 12.8. The number of rotatable bonds is 7. The van der Waals surface area contributed by atoms with Gasteiger partial charge < -0.3 is 5.32 Å².